The summed E-state index contributed by atoms with van der Waals surface area (Å²) in [5, 5.41) is 14.9. The van der Waals surface area contributed by atoms with E-state index in [1.165, 1.54) is 29.1 Å². The van der Waals surface area contributed by atoms with Crippen LogP contribution in [0.25, 0.3) is 5.69 Å². The van der Waals surface area contributed by atoms with Gasteiger partial charge in [0.2, 0.25) is 5.06 Å². The number of benzene rings is 2. The summed E-state index contributed by atoms with van der Waals surface area (Å²) in [4.78, 5) is 16.9. The number of rotatable bonds is 6. The van der Waals surface area contributed by atoms with E-state index in [1.807, 2.05) is 0 Å². The SMILES string of the molecule is Cc1nc(C(C)(C)O)sc1Oc1ccc(-n2ncn(Cc3ccccc3F)c2=O)cc1F. The third-order valence-electron chi connectivity index (χ3n) is 4.67. The molecule has 0 unspecified atom stereocenters. The van der Waals surface area contributed by atoms with Crippen molar-refractivity contribution in [3.63, 3.8) is 0 Å². The lowest BCUT2D eigenvalue weighted by Gasteiger charge is -2.12. The molecule has 0 saturated heterocycles. The van der Waals surface area contributed by atoms with Crippen LogP contribution >= 0.6 is 11.3 Å². The Bertz CT molecular complexity index is 1340. The molecule has 0 fully saturated rings. The van der Waals surface area contributed by atoms with Crippen molar-refractivity contribution < 1.29 is 18.6 Å². The monoisotopic (exact) mass is 458 g/mol. The lowest BCUT2D eigenvalue weighted by Crippen LogP contribution is -2.24. The molecule has 32 heavy (non-hydrogen) atoms. The van der Waals surface area contributed by atoms with Crippen molar-refractivity contribution >= 4 is 11.3 Å². The number of aryl methyl sites for hydroxylation is 1. The number of hydrogen-bond donors (Lipinski definition) is 1. The summed E-state index contributed by atoms with van der Waals surface area (Å²) in [6.45, 7) is 4.92. The number of ether oxygens (including phenoxy) is 1. The van der Waals surface area contributed by atoms with E-state index >= 15 is 0 Å². The van der Waals surface area contributed by atoms with Gasteiger partial charge >= 0.3 is 5.69 Å². The van der Waals surface area contributed by atoms with Gasteiger partial charge in [-0.3, -0.25) is 4.57 Å². The van der Waals surface area contributed by atoms with Gasteiger partial charge in [0.1, 0.15) is 22.8 Å². The maximum atomic E-state index is 14.7. The van der Waals surface area contributed by atoms with Gasteiger partial charge in [0.15, 0.2) is 11.6 Å². The summed E-state index contributed by atoms with van der Waals surface area (Å²) in [5.41, 5.74) is -0.602. The first kappa shape index (κ1) is 21.8. The smallest absolute Gasteiger partial charge is 0.350 e. The molecular weight excluding hydrogens is 438 g/mol. The predicted octanol–water partition coefficient (Wildman–Crippen LogP) is 4.15. The van der Waals surface area contributed by atoms with E-state index in [4.69, 9.17) is 4.74 Å². The highest BCUT2D eigenvalue weighted by atomic mass is 32.1. The lowest BCUT2D eigenvalue weighted by atomic mass is 10.2. The minimum atomic E-state index is -1.14. The Labute approximate surface area is 186 Å². The molecule has 0 saturated carbocycles. The maximum absolute atomic E-state index is 14.7. The third-order valence-corrected chi connectivity index (χ3v) is 6.02. The molecule has 0 aliphatic rings. The van der Waals surface area contributed by atoms with E-state index in [1.54, 1.807) is 39.0 Å². The van der Waals surface area contributed by atoms with Crippen molar-refractivity contribution in [3.05, 3.63) is 87.2 Å². The maximum Gasteiger partial charge on any atom is 0.350 e. The van der Waals surface area contributed by atoms with Crippen LogP contribution < -0.4 is 10.4 Å². The molecule has 1 N–H and O–H groups in total. The second-order valence-corrected chi connectivity index (χ2v) is 8.67. The van der Waals surface area contributed by atoms with Crippen LogP contribution in [0.3, 0.4) is 0 Å². The van der Waals surface area contributed by atoms with Gasteiger partial charge in [-0.1, -0.05) is 29.5 Å². The van der Waals surface area contributed by atoms with Crippen LogP contribution in [0.2, 0.25) is 0 Å². The van der Waals surface area contributed by atoms with Crippen LogP contribution in [0.5, 0.6) is 10.8 Å². The molecule has 0 atom stereocenters. The third kappa shape index (κ3) is 4.32. The Morgan fingerprint density at radius 2 is 1.91 bits per heavy atom. The van der Waals surface area contributed by atoms with E-state index in [-0.39, 0.29) is 18.0 Å². The summed E-state index contributed by atoms with van der Waals surface area (Å²) in [6.07, 6.45) is 1.27. The summed E-state index contributed by atoms with van der Waals surface area (Å²) < 4.78 is 36.5. The lowest BCUT2D eigenvalue weighted by molar-refractivity contribution is 0.0781. The van der Waals surface area contributed by atoms with E-state index in [2.05, 4.69) is 10.1 Å². The second kappa shape index (κ2) is 8.29. The fourth-order valence-electron chi connectivity index (χ4n) is 2.97. The molecule has 0 amide bonds. The van der Waals surface area contributed by atoms with Crippen molar-refractivity contribution in [2.45, 2.75) is 32.9 Å². The number of nitrogens with zero attached hydrogens (tertiary/aromatic N) is 4. The van der Waals surface area contributed by atoms with Gasteiger partial charge in [-0.05, 0) is 39.0 Å². The van der Waals surface area contributed by atoms with Crippen molar-refractivity contribution in [2.24, 2.45) is 0 Å². The Morgan fingerprint density at radius 3 is 2.56 bits per heavy atom. The molecule has 0 radical (unpaired) electrons. The quantitative estimate of drug-likeness (QED) is 0.470. The van der Waals surface area contributed by atoms with Crippen molar-refractivity contribution in [1.29, 1.82) is 0 Å². The van der Waals surface area contributed by atoms with Crippen LogP contribution in [-0.2, 0) is 12.1 Å². The van der Waals surface area contributed by atoms with Crippen molar-refractivity contribution in [2.75, 3.05) is 0 Å². The first-order valence-electron chi connectivity index (χ1n) is 9.69. The largest absolute Gasteiger partial charge is 0.442 e. The highest BCUT2D eigenvalue weighted by Gasteiger charge is 2.23. The molecule has 0 spiro atoms. The normalized spacial score (nSPS) is 11.7. The number of aromatic nitrogens is 4. The molecule has 0 aliphatic carbocycles. The molecule has 2 heterocycles. The molecule has 10 heteroatoms. The summed E-state index contributed by atoms with van der Waals surface area (Å²) >= 11 is 1.13. The fourth-order valence-corrected chi connectivity index (χ4v) is 3.91. The first-order chi connectivity index (χ1) is 15.1. The van der Waals surface area contributed by atoms with E-state index in [9.17, 15) is 18.7 Å². The Morgan fingerprint density at radius 1 is 1.16 bits per heavy atom. The van der Waals surface area contributed by atoms with Crippen molar-refractivity contribution in [3.8, 4) is 16.5 Å². The van der Waals surface area contributed by atoms with Gasteiger partial charge in [0.05, 0.1) is 17.9 Å². The molecule has 0 aliphatic heterocycles. The van der Waals surface area contributed by atoms with Crippen molar-refractivity contribution in [1.82, 2.24) is 19.3 Å². The molecule has 7 nitrogen and oxygen atoms in total. The zero-order valence-electron chi connectivity index (χ0n) is 17.5. The standard InChI is InChI=1S/C22H20F2N4O3S/c1-13-19(32-20(26-13)22(2,3)30)31-18-9-8-15(10-17(18)24)28-21(29)27(12-25-28)11-14-6-4-5-7-16(14)23/h4-10,12,30H,11H2,1-3H3. The molecule has 166 valence electrons. The minimum absolute atomic E-state index is 0.00335. The zero-order valence-corrected chi connectivity index (χ0v) is 18.4. The van der Waals surface area contributed by atoms with Gasteiger partial charge in [0, 0.05) is 11.6 Å². The summed E-state index contributed by atoms with van der Waals surface area (Å²) in [5.74, 6) is -1.18. The molecule has 2 aromatic heterocycles. The molecule has 0 bridgehead atoms. The minimum Gasteiger partial charge on any atom is -0.442 e. The number of thiazole rings is 1. The topological polar surface area (TPSA) is 82.2 Å². The highest BCUT2D eigenvalue weighted by molar-refractivity contribution is 7.13. The first-order valence-corrected chi connectivity index (χ1v) is 10.5. The molecule has 2 aromatic carbocycles. The number of halogens is 2. The van der Waals surface area contributed by atoms with Crippen LogP contribution in [-0.4, -0.2) is 24.4 Å². The highest BCUT2D eigenvalue weighted by Crippen LogP contribution is 2.36. The van der Waals surface area contributed by atoms with Gasteiger partial charge in [-0.15, -0.1) is 0 Å². The summed E-state index contributed by atoms with van der Waals surface area (Å²) in [6, 6.07) is 10.1. The number of hydrogen-bond acceptors (Lipinski definition) is 6. The Kier molecular flexibility index (Phi) is 5.66. The van der Waals surface area contributed by atoms with Gasteiger partial charge in [-0.25, -0.2) is 18.6 Å². The van der Waals surface area contributed by atoms with Gasteiger partial charge < -0.3 is 9.84 Å². The summed E-state index contributed by atoms with van der Waals surface area (Å²) in [7, 11) is 0. The van der Waals surface area contributed by atoms with E-state index in [0.717, 1.165) is 22.1 Å². The zero-order chi connectivity index (χ0) is 23.0. The van der Waals surface area contributed by atoms with Crippen LogP contribution in [0.4, 0.5) is 8.78 Å². The predicted molar refractivity (Wildman–Crippen MR) is 115 cm³/mol. The van der Waals surface area contributed by atoms with Gasteiger partial charge in [0.25, 0.3) is 0 Å². The fraction of sp³-hybridized carbons (Fsp3) is 0.227. The van der Waals surface area contributed by atoms with Gasteiger partial charge in [-0.2, -0.15) is 9.78 Å². The number of aliphatic hydroxyl groups is 1. The van der Waals surface area contributed by atoms with Crippen LogP contribution in [0.15, 0.2) is 53.6 Å². The molecule has 4 rings (SSSR count). The average Bonchev–Trinajstić information content (AvgIpc) is 3.28. The molecular formula is C22H20F2N4O3S. The van der Waals surface area contributed by atoms with Crippen LogP contribution in [0, 0.1) is 18.6 Å². The van der Waals surface area contributed by atoms with E-state index in [0.29, 0.717) is 21.3 Å². The Hall–Kier alpha value is -3.37. The average molecular weight is 458 g/mol. The van der Waals surface area contributed by atoms with E-state index < -0.39 is 22.9 Å². The second-order valence-electron chi connectivity index (χ2n) is 7.71. The van der Waals surface area contributed by atoms with Crippen LogP contribution in [0.1, 0.15) is 30.1 Å². The Balaban J connectivity index is 1.58. The molecule has 4 aromatic rings.